The van der Waals surface area contributed by atoms with Crippen LogP contribution in [0.2, 0.25) is 0 Å². The minimum atomic E-state index is 0.143. The van der Waals surface area contributed by atoms with E-state index in [-0.39, 0.29) is 6.61 Å². The summed E-state index contributed by atoms with van der Waals surface area (Å²) in [5.41, 5.74) is 0.690. The highest BCUT2D eigenvalue weighted by Crippen LogP contribution is 2.43. The van der Waals surface area contributed by atoms with Crippen molar-refractivity contribution < 1.29 is 9.84 Å². The van der Waals surface area contributed by atoms with Crippen LogP contribution in [0.15, 0.2) is 0 Å². The van der Waals surface area contributed by atoms with Crippen molar-refractivity contribution in [1.82, 2.24) is 4.90 Å². The first-order valence-electron chi connectivity index (χ1n) is 6.26. The molecular weight excluding hydrogens is 190 g/mol. The zero-order chi connectivity index (χ0) is 10.6. The Morgan fingerprint density at radius 2 is 1.80 bits per heavy atom. The number of rotatable bonds is 5. The van der Waals surface area contributed by atoms with Crippen LogP contribution in [0.1, 0.15) is 32.1 Å². The van der Waals surface area contributed by atoms with Crippen LogP contribution >= 0.6 is 0 Å². The Bertz CT molecular complexity index is 182. The number of likely N-dealkylation sites (tertiary alicyclic amines) is 1. The molecule has 0 amide bonds. The summed E-state index contributed by atoms with van der Waals surface area (Å²) >= 11 is 0. The van der Waals surface area contributed by atoms with Crippen LogP contribution in [0.25, 0.3) is 0 Å². The highest BCUT2D eigenvalue weighted by Gasteiger charge is 2.42. The normalized spacial score (nSPS) is 25.4. The lowest BCUT2D eigenvalue weighted by molar-refractivity contribution is -0.0436. The lowest BCUT2D eigenvalue weighted by atomic mass is 9.69. The van der Waals surface area contributed by atoms with E-state index >= 15 is 0 Å². The fourth-order valence-electron chi connectivity index (χ4n) is 3.04. The van der Waals surface area contributed by atoms with Gasteiger partial charge in [0.15, 0.2) is 0 Å². The van der Waals surface area contributed by atoms with Gasteiger partial charge in [0.25, 0.3) is 0 Å². The van der Waals surface area contributed by atoms with Crippen LogP contribution in [0.5, 0.6) is 0 Å². The maximum atomic E-state index is 8.56. The van der Waals surface area contributed by atoms with Gasteiger partial charge in [0, 0.05) is 19.6 Å². The monoisotopic (exact) mass is 213 g/mol. The Balaban J connectivity index is 1.56. The Hall–Kier alpha value is -0.120. The van der Waals surface area contributed by atoms with Gasteiger partial charge in [0.2, 0.25) is 0 Å². The van der Waals surface area contributed by atoms with Gasteiger partial charge in [-0.25, -0.2) is 0 Å². The summed E-state index contributed by atoms with van der Waals surface area (Å²) in [6, 6.07) is 0. The highest BCUT2D eigenvalue weighted by molar-refractivity contribution is 4.96. The van der Waals surface area contributed by atoms with Gasteiger partial charge in [-0.3, -0.25) is 4.90 Å². The molecule has 0 radical (unpaired) electrons. The van der Waals surface area contributed by atoms with Gasteiger partial charge in [-0.1, -0.05) is 19.3 Å². The van der Waals surface area contributed by atoms with Crippen molar-refractivity contribution in [1.29, 1.82) is 0 Å². The second-order valence-electron chi connectivity index (χ2n) is 5.11. The van der Waals surface area contributed by atoms with E-state index in [0.717, 1.165) is 13.2 Å². The van der Waals surface area contributed by atoms with E-state index < -0.39 is 0 Å². The zero-order valence-electron chi connectivity index (χ0n) is 9.58. The predicted octanol–water partition coefficient (Wildman–Crippen LogP) is 1.26. The molecule has 88 valence electrons. The first-order valence-corrected chi connectivity index (χ1v) is 6.26. The highest BCUT2D eigenvalue weighted by atomic mass is 16.5. The van der Waals surface area contributed by atoms with Gasteiger partial charge in [-0.05, 0) is 18.3 Å². The third-order valence-corrected chi connectivity index (χ3v) is 3.82. The van der Waals surface area contributed by atoms with Crippen LogP contribution in [0, 0.1) is 5.41 Å². The topological polar surface area (TPSA) is 32.7 Å². The van der Waals surface area contributed by atoms with Crippen molar-refractivity contribution in [2.24, 2.45) is 5.41 Å². The molecule has 3 heteroatoms. The van der Waals surface area contributed by atoms with Crippen LogP contribution in [-0.2, 0) is 4.74 Å². The second-order valence-corrected chi connectivity index (χ2v) is 5.11. The molecular formula is C12H23NO2. The molecule has 1 aliphatic heterocycles. The van der Waals surface area contributed by atoms with E-state index in [2.05, 4.69) is 4.90 Å². The van der Waals surface area contributed by atoms with Crippen molar-refractivity contribution in [3.63, 3.8) is 0 Å². The Morgan fingerprint density at radius 3 is 2.47 bits per heavy atom. The third kappa shape index (κ3) is 2.92. The number of nitrogens with zero attached hydrogens (tertiary/aromatic N) is 1. The van der Waals surface area contributed by atoms with Gasteiger partial charge in [-0.2, -0.15) is 0 Å². The standard InChI is InChI=1S/C12H23NO2/c14-7-9-15-8-6-13-10-12(11-13)4-2-1-3-5-12/h14H,1-11H2. The lowest BCUT2D eigenvalue weighted by Gasteiger charge is -2.52. The maximum absolute atomic E-state index is 8.56. The quantitative estimate of drug-likeness (QED) is 0.698. The first-order chi connectivity index (χ1) is 7.35. The van der Waals surface area contributed by atoms with E-state index in [4.69, 9.17) is 9.84 Å². The van der Waals surface area contributed by atoms with E-state index in [1.165, 1.54) is 45.2 Å². The summed E-state index contributed by atoms with van der Waals surface area (Å²) in [6.45, 7) is 5.02. The molecule has 0 aromatic heterocycles. The Kier molecular flexibility index (Phi) is 4.00. The molecule has 0 aromatic rings. The number of aliphatic hydroxyl groups excluding tert-OH is 1. The van der Waals surface area contributed by atoms with Gasteiger partial charge in [0.05, 0.1) is 19.8 Å². The smallest absolute Gasteiger partial charge is 0.0698 e. The summed E-state index contributed by atoms with van der Waals surface area (Å²) in [4.78, 5) is 2.49. The van der Waals surface area contributed by atoms with Crippen molar-refractivity contribution >= 4 is 0 Å². The molecule has 0 atom stereocenters. The van der Waals surface area contributed by atoms with Crippen LogP contribution < -0.4 is 0 Å². The molecule has 1 saturated heterocycles. The predicted molar refractivity (Wildman–Crippen MR) is 59.9 cm³/mol. The fraction of sp³-hybridized carbons (Fsp3) is 1.00. The summed E-state index contributed by atoms with van der Waals surface area (Å²) in [5, 5.41) is 8.56. The van der Waals surface area contributed by atoms with Crippen molar-refractivity contribution in [2.75, 3.05) is 39.5 Å². The summed E-state index contributed by atoms with van der Waals surface area (Å²) in [5.74, 6) is 0. The van der Waals surface area contributed by atoms with Crippen molar-refractivity contribution in [3.8, 4) is 0 Å². The molecule has 0 unspecified atom stereocenters. The average molecular weight is 213 g/mol. The molecule has 1 heterocycles. The Labute approximate surface area is 92.4 Å². The van der Waals surface area contributed by atoms with E-state index in [1.54, 1.807) is 0 Å². The average Bonchev–Trinajstić information content (AvgIpc) is 2.23. The number of aliphatic hydroxyl groups is 1. The zero-order valence-corrected chi connectivity index (χ0v) is 9.58. The summed E-state index contributed by atoms with van der Waals surface area (Å²) in [6.07, 6.45) is 7.22. The molecule has 1 aliphatic carbocycles. The van der Waals surface area contributed by atoms with Crippen LogP contribution in [-0.4, -0.2) is 49.5 Å². The maximum Gasteiger partial charge on any atom is 0.0698 e. The number of hydrogen-bond acceptors (Lipinski definition) is 3. The van der Waals surface area contributed by atoms with Crippen LogP contribution in [0.3, 0.4) is 0 Å². The molecule has 2 rings (SSSR count). The Morgan fingerprint density at radius 1 is 1.07 bits per heavy atom. The molecule has 2 aliphatic rings. The molecule has 0 aromatic carbocycles. The van der Waals surface area contributed by atoms with E-state index in [1.807, 2.05) is 0 Å². The molecule has 1 saturated carbocycles. The van der Waals surface area contributed by atoms with Crippen molar-refractivity contribution in [3.05, 3.63) is 0 Å². The molecule has 15 heavy (non-hydrogen) atoms. The van der Waals surface area contributed by atoms with Crippen molar-refractivity contribution in [2.45, 2.75) is 32.1 Å². The molecule has 1 spiro atoms. The largest absolute Gasteiger partial charge is 0.394 e. The van der Waals surface area contributed by atoms with Gasteiger partial charge in [0.1, 0.15) is 0 Å². The molecule has 3 nitrogen and oxygen atoms in total. The molecule has 2 fully saturated rings. The van der Waals surface area contributed by atoms with Gasteiger partial charge < -0.3 is 9.84 Å². The van der Waals surface area contributed by atoms with E-state index in [0.29, 0.717) is 12.0 Å². The second kappa shape index (κ2) is 5.28. The van der Waals surface area contributed by atoms with Gasteiger partial charge >= 0.3 is 0 Å². The lowest BCUT2D eigenvalue weighted by Crippen LogP contribution is -2.57. The first kappa shape index (κ1) is 11.4. The molecule has 1 N–H and O–H groups in total. The minimum Gasteiger partial charge on any atom is -0.394 e. The molecule has 0 bridgehead atoms. The third-order valence-electron chi connectivity index (χ3n) is 3.82. The fourth-order valence-corrected chi connectivity index (χ4v) is 3.04. The van der Waals surface area contributed by atoms with E-state index in [9.17, 15) is 0 Å². The minimum absolute atomic E-state index is 0.143. The number of hydrogen-bond donors (Lipinski definition) is 1. The van der Waals surface area contributed by atoms with Gasteiger partial charge in [-0.15, -0.1) is 0 Å². The SMILES string of the molecule is OCCOCCN1CC2(CCCCC2)C1. The van der Waals surface area contributed by atoms with Crippen LogP contribution in [0.4, 0.5) is 0 Å². The summed E-state index contributed by atoms with van der Waals surface area (Å²) in [7, 11) is 0. The summed E-state index contributed by atoms with van der Waals surface area (Å²) < 4.78 is 5.27. The number of ether oxygens (including phenoxy) is 1.